The molecule has 0 radical (unpaired) electrons. The van der Waals surface area contributed by atoms with Crippen molar-refractivity contribution in [3.8, 4) is 17.2 Å². The Kier molecular flexibility index (Phi) is 6.45. The van der Waals surface area contributed by atoms with Crippen LogP contribution in [-0.4, -0.2) is 58.2 Å². The predicted octanol–water partition coefficient (Wildman–Crippen LogP) is 0.840. The maximum atomic E-state index is 12.3. The van der Waals surface area contributed by atoms with Crippen LogP contribution in [-0.2, 0) is 4.74 Å². The van der Waals surface area contributed by atoms with Gasteiger partial charge in [0, 0.05) is 13.7 Å². The molecule has 1 atom stereocenters. The highest BCUT2D eigenvalue weighted by molar-refractivity contribution is 5.98. The van der Waals surface area contributed by atoms with E-state index in [1.165, 1.54) is 28.4 Å². The van der Waals surface area contributed by atoms with Gasteiger partial charge in [0.05, 0.1) is 33.5 Å². The van der Waals surface area contributed by atoms with Crippen molar-refractivity contribution < 1.29 is 28.8 Å². The Labute approximate surface area is 130 Å². The lowest BCUT2D eigenvalue weighted by molar-refractivity contribution is -0.0147. The topological polar surface area (TPSA) is 86.3 Å². The third-order valence-electron chi connectivity index (χ3n) is 3.03. The largest absolute Gasteiger partial charge is 0.493 e. The Bertz CT molecular complexity index is 515. The molecule has 1 rings (SSSR count). The molecule has 0 aromatic heterocycles. The quantitative estimate of drug-likeness (QED) is 0.739. The van der Waals surface area contributed by atoms with E-state index >= 15 is 0 Å². The van der Waals surface area contributed by atoms with Gasteiger partial charge in [-0.05, 0) is 19.1 Å². The third-order valence-corrected chi connectivity index (χ3v) is 3.03. The van der Waals surface area contributed by atoms with Gasteiger partial charge in [-0.1, -0.05) is 0 Å². The van der Waals surface area contributed by atoms with E-state index in [-0.39, 0.29) is 24.5 Å². The summed E-state index contributed by atoms with van der Waals surface area (Å²) < 4.78 is 20.6. The van der Waals surface area contributed by atoms with Gasteiger partial charge in [-0.15, -0.1) is 0 Å². The van der Waals surface area contributed by atoms with Crippen molar-refractivity contribution in [3.63, 3.8) is 0 Å². The Balaban J connectivity index is 2.99. The minimum atomic E-state index is -1.16. The van der Waals surface area contributed by atoms with Gasteiger partial charge in [0.25, 0.3) is 5.91 Å². The second-order valence-electron chi connectivity index (χ2n) is 4.99. The maximum Gasteiger partial charge on any atom is 0.255 e. The fourth-order valence-corrected chi connectivity index (χ4v) is 2.01. The van der Waals surface area contributed by atoms with Crippen molar-refractivity contribution in [1.82, 2.24) is 5.32 Å². The number of ether oxygens (including phenoxy) is 4. The first-order valence-corrected chi connectivity index (χ1v) is 6.68. The summed E-state index contributed by atoms with van der Waals surface area (Å²) in [6, 6.07) is 3.18. The molecule has 7 nitrogen and oxygen atoms in total. The zero-order valence-corrected chi connectivity index (χ0v) is 13.6. The van der Waals surface area contributed by atoms with Crippen LogP contribution < -0.4 is 19.5 Å². The summed E-state index contributed by atoms with van der Waals surface area (Å²) in [7, 11) is 5.88. The van der Waals surface area contributed by atoms with E-state index in [2.05, 4.69) is 5.32 Å². The standard InChI is InChI=1S/C15H23NO6/c1-15(18,9-19-2)8-16-14(17)10-6-7-11(20-3)13(22-5)12(10)21-4/h6-7,18H,8-9H2,1-5H3,(H,16,17). The second kappa shape index (κ2) is 7.86. The van der Waals surface area contributed by atoms with Crippen LogP contribution in [0.15, 0.2) is 12.1 Å². The van der Waals surface area contributed by atoms with Gasteiger partial charge < -0.3 is 29.4 Å². The number of carbonyl (C=O) groups is 1. The predicted molar refractivity (Wildman–Crippen MR) is 80.9 cm³/mol. The van der Waals surface area contributed by atoms with E-state index < -0.39 is 11.5 Å². The van der Waals surface area contributed by atoms with Crippen LogP contribution in [0.25, 0.3) is 0 Å². The summed E-state index contributed by atoms with van der Waals surface area (Å²) in [6.07, 6.45) is 0. The first-order chi connectivity index (χ1) is 10.4. The van der Waals surface area contributed by atoms with Crippen LogP contribution in [0.3, 0.4) is 0 Å². The van der Waals surface area contributed by atoms with Crippen LogP contribution >= 0.6 is 0 Å². The first-order valence-electron chi connectivity index (χ1n) is 6.68. The lowest BCUT2D eigenvalue weighted by Crippen LogP contribution is -2.43. The average molecular weight is 313 g/mol. The zero-order valence-electron chi connectivity index (χ0n) is 13.6. The van der Waals surface area contributed by atoms with Crippen molar-refractivity contribution in [1.29, 1.82) is 0 Å². The third kappa shape index (κ3) is 4.25. The molecule has 0 bridgehead atoms. The Morgan fingerprint density at radius 1 is 1.14 bits per heavy atom. The number of hydrogen-bond acceptors (Lipinski definition) is 6. The summed E-state index contributed by atoms with van der Waals surface area (Å²) in [5.74, 6) is 0.670. The molecule has 0 fully saturated rings. The molecule has 1 aromatic rings. The van der Waals surface area contributed by atoms with Crippen molar-refractivity contribution in [2.45, 2.75) is 12.5 Å². The molecule has 0 aliphatic rings. The van der Waals surface area contributed by atoms with Crippen LogP contribution in [0.5, 0.6) is 17.2 Å². The molecule has 22 heavy (non-hydrogen) atoms. The van der Waals surface area contributed by atoms with Crippen LogP contribution in [0, 0.1) is 0 Å². The number of hydrogen-bond donors (Lipinski definition) is 2. The molecule has 0 saturated carbocycles. The molecule has 0 heterocycles. The molecule has 1 aromatic carbocycles. The number of nitrogens with one attached hydrogen (secondary N) is 1. The second-order valence-corrected chi connectivity index (χ2v) is 4.99. The van der Waals surface area contributed by atoms with E-state index in [9.17, 15) is 9.90 Å². The highest BCUT2D eigenvalue weighted by atomic mass is 16.5. The van der Waals surface area contributed by atoms with E-state index in [0.717, 1.165) is 0 Å². The van der Waals surface area contributed by atoms with Crippen LogP contribution in [0.1, 0.15) is 17.3 Å². The smallest absolute Gasteiger partial charge is 0.255 e. The number of amides is 1. The minimum Gasteiger partial charge on any atom is -0.493 e. The Hall–Kier alpha value is -1.99. The molecule has 1 amide bonds. The molecule has 0 aliphatic heterocycles. The van der Waals surface area contributed by atoms with Gasteiger partial charge in [-0.3, -0.25) is 4.79 Å². The summed E-state index contributed by atoms with van der Waals surface area (Å²) in [4.78, 5) is 12.3. The monoisotopic (exact) mass is 313 g/mol. The van der Waals surface area contributed by atoms with Crippen molar-refractivity contribution in [2.75, 3.05) is 41.6 Å². The molecule has 1 unspecified atom stereocenters. The number of methoxy groups -OCH3 is 4. The van der Waals surface area contributed by atoms with E-state index in [4.69, 9.17) is 18.9 Å². The van der Waals surface area contributed by atoms with Gasteiger partial charge in [-0.25, -0.2) is 0 Å². The normalized spacial score (nSPS) is 13.2. The summed E-state index contributed by atoms with van der Waals surface area (Å²) in [5.41, 5.74) is -0.873. The molecule has 0 saturated heterocycles. The van der Waals surface area contributed by atoms with Crippen molar-refractivity contribution >= 4 is 5.91 Å². The van der Waals surface area contributed by atoms with E-state index in [0.29, 0.717) is 11.5 Å². The van der Waals surface area contributed by atoms with Gasteiger partial charge in [0.2, 0.25) is 5.75 Å². The Morgan fingerprint density at radius 3 is 2.27 bits per heavy atom. The number of aliphatic hydroxyl groups is 1. The first kappa shape index (κ1) is 18.1. The van der Waals surface area contributed by atoms with Crippen molar-refractivity contribution in [3.05, 3.63) is 17.7 Å². The minimum absolute atomic E-state index is 0.0389. The molecular weight excluding hydrogens is 290 g/mol. The SMILES string of the molecule is COCC(C)(O)CNC(=O)c1ccc(OC)c(OC)c1OC. The maximum absolute atomic E-state index is 12.3. The lowest BCUT2D eigenvalue weighted by atomic mass is 10.1. The fraction of sp³-hybridized carbons (Fsp3) is 0.533. The van der Waals surface area contributed by atoms with E-state index in [1.807, 2.05) is 0 Å². The van der Waals surface area contributed by atoms with Crippen LogP contribution in [0.2, 0.25) is 0 Å². The summed E-state index contributed by atoms with van der Waals surface area (Å²) >= 11 is 0. The van der Waals surface area contributed by atoms with Gasteiger partial charge >= 0.3 is 0 Å². The van der Waals surface area contributed by atoms with Gasteiger partial charge in [0.1, 0.15) is 5.60 Å². The van der Waals surface area contributed by atoms with Crippen molar-refractivity contribution in [2.24, 2.45) is 0 Å². The average Bonchev–Trinajstić information content (AvgIpc) is 2.50. The summed E-state index contributed by atoms with van der Waals surface area (Å²) in [6.45, 7) is 1.72. The molecule has 7 heteroatoms. The van der Waals surface area contributed by atoms with Gasteiger partial charge in [0.15, 0.2) is 11.5 Å². The Morgan fingerprint density at radius 2 is 1.77 bits per heavy atom. The van der Waals surface area contributed by atoms with Gasteiger partial charge in [-0.2, -0.15) is 0 Å². The number of carbonyl (C=O) groups excluding carboxylic acids is 1. The number of rotatable bonds is 8. The highest BCUT2D eigenvalue weighted by Gasteiger charge is 2.24. The molecule has 124 valence electrons. The molecule has 2 N–H and O–H groups in total. The number of benzene rings is 1. The molecular formula is C15H23NO6. The molecule has 0 aliphatic carbocycles. The fourth-order valence-electron chi connectivity index (χ4n) is 2.01. The molecule has 0 spiro atoms. The zero-order chi connectivity index (χ0) is 16.8. The van der Waals surface area contributed by atoms with Crippen LogP contribution in [0.4, 0.5) is 0 Å². The summed E-state index contributed by atoms with van der Waals surface area (Å²) in [5, 5.41) is 12.6. The highest BCUT2D eigenvalue weighted by Crippen LogP contribution is 2.39. The van der Waals surface area contributed by atoms with E-state index in [1.54, 1.807) is 19.1 Å². The lowest BCUT2D eigenvalue weighted by Gasteiger charge is -2.23.